The zero-order valence-corrected chi connectivity index (χ0v) is 26.2. The van der Waals surface area contributed by atoms with Gasteiger partial charge in [0.1, 0.15) is 18.0 Å². The number of carbonyl (C=O) groups excluding carboxylic acids is 2. The normalized spacial score (nSPS) is 13.6. The van der Waals surface area contributed by atoms with Gasteiger partial charge >= 0.3 is 0 Å². The molecule has 0 aliphatic carbocycles. The van der Waals surface area contributed by atoms with Gasteiger partial charge in [-0.25, -0.2) is 14.7 Å². The van der Waals surface area contributed by atoms with E-state index in [1.54, 1.807) is 66.3 Å². The van der Waals surface area contributed by atoms with Crippen molar-refractivity contribution in [2.24, 2.45) is 12.0 Å². The maximum atomic E-state index is 14.3. The summed E-state index contributed by atoms with van der Waals surface area (Å²) in [5, 5.41) is 20.8. The summed E-state index contributed by atoms with van der Waals surface area (Å²) in [6.07, 6.45) is 6.33. The Labute approximate surface area is 274 Å². The van der Waals surface area contributed by atoms with Crippen molar-refractivity contribution in [1.29, 1.82) is 0 Å². The molecule has 0 saturated carbocycles. The zero-order valence-electron chi connectivity index (χ0n) is 26.2. The summed E-state index contributed by atoms with van der Waals surface area (Å²) >= 11 is 0. The summed E-state index contributed by atoms with van der Waals surface area (Å²) < 4.78 is 4.61. The number of allylic oxidation sites excluding steroid dienone is 1. The molecule has 0 spiro atoms. The lowest BCUT2D eigenvalue weighted by Gasteiger charge is -2.38. The largest absolute Gasteiger partial charge is 0.387 e. The number of aryl methyl sites for hydroxylation is 1. The Morgan fingerprint density at radius 2 is 1.96 bits per heavy atom. The number of aliphatic hydroxyl groups excluding tert-OH is 1. The van der Waals surface area contributed by atoms with E-state index < -0.39 is 18.6 Å². The molecule has 5 aromatic rings. The molecule has 48 heavy (non-hydrogen) atoms. The minimum Gasteiger partial charge on any atom is -0.387 e. The predicted octanol–water partition coefficient (Wildman–Crippen LogP) is 2.05. The quantitative estimate of drug-likeness (QED) is 0.170. The van der Waals surface area contributed by atoms with Gasteiger partial charge < -0.3 is 21.1 Å². The van der Waals surface area contributed by atoms with Crippen molar-refractivity contribution in [3.8, 4) is 17.5 Å². The fraction of sp³-hybridized carbons (Fsp3) is 0.206. The number of hydrogen-bond acceptors (Lipinski definition) is 9. The summed E-state index contributed by atoms with van der Waals surface area (Å²) in [6.45, 7) is 5.76. The fourth-order valence-corrected chi connectivity index (χ4v) is 5.49. The molecule has 6 rings (SSSR count). The van der Waals surface area contributed by atoms with Crippen LogP contribution in [-0.2, 0) is 11.8 Å². The van der Waals surface area contributed by atoms with E-state index in [0.717, 1.165) is 0 Å². The summed E-state index contributed by atoms with van der Waals surface area (Å²) in [5.74, 6) is 5.91. The van der Waals surface area contributed by atoms with E-state index in [9.17, 15) is 14.4 Å². The van der Waals surface area contributed by atoms with Crippen molar-refractivity contribution in [2.75, 3.05) is 25.4 Å². The van der Waals surface area contributed by atoms with Gasteiger partial charge in [-0.15, -0.1) is 0 Å². The van der Waals surface area contributed by atoms with E-state index in [-0.39, 0.29) is 34.7 Å². The third-order valence-electron chi connectivity index (χ3n) is 7.91. The first-order chi connectivity index (χ1) is 23.2. The Morgan fingerprint density at radius 1 is 1.19 bits per heavy atom. The lowest BCUT2D eigenvalue weighted by atomic mass is 10.1. The topological polar surface area (TPSA) is 179 Å². The van der Waals surface area contributed by atoms with Crippen LogP contribution in [0.5, 0.6) is 0 Å². The molecule has 0 radical (unpaired) electrons. The number of aromatic nitrogens is 6. The molecule has 1 fully saturated rings. The molecule has 1 atom stereocenters. The minimum absolute atomic E-state index is 0.00200. The maximum absolute atomic E-state index is 14.3. The number of hydrogen-bond donors (Lipinski definition) is 3. The van der Waals surface area contributed by atoms with Crippen LogP contribution in [0.15, 0.2) is 83.4 Å². The van der Waals surface area contributed by atoms with Gasteiger partial charge in [0.25, 0.3) is 11.5 Å². The van der Waals surface area contributed by atoms with E-state index in [2.05, 4.69) is 38.9 Å². The van der Waals surface area contributed by atoms with Crippen molar-refractivity contribution in [3.05, 3.63) is 106 Å². The Balaban J connectivity index is 1.36. The minimum atomic E-state index is -0.749. The number of rotatable bonds is 8. The molecule has 1 unspecified atom stereocenters. The van der Waals surface area contributed by atoms with E-state index in [0.29, 0.717) is 46.6 Å². The first-order valence-electron chi connectivity index (χ1n) is 15.0. The Morgan fingerprint density at radius 3 is 2.69 bits per heavy atom. The van der Waals surface area contributed by atoms with Gasteiger partial charge in [-0.3, -0.25) is 23.6 Å². The number of nitrogens with one attached hydrogen (secondary N) is 1. The van der Waals surface area contributed by atoms with Gasteiger partial charge in [-0.05, 0) is 31.2 Å². The van der Waals surface area contributed by atoms with Crippen LogP contribution in [0, 0.1) is 11.8 Å². The number of fused-ring (bicyclic) bond motifs is 1. The molecular formula is C34H32N10O4. The molecule has 14 heteroatoms. The molecule has 1 aliphatic rings. The molecule has 1 aliphatic heterocycles. The number of aliphatic imine (C=N–C) groups is 1. The number of nitrogens with two attached hydrogens (primary N) is 1. The molecule has 0 bridgehead atoms. The number of benzene rings is 2. The van der Waals surface area contributed by atoms with Gasteiger partial charge in [0.15, 0.2) is 11.6 Å². The molecule has 2 aromatic carbocycles. The van der Waals surface area contributed by atoms with Crippen LogP contribution in [-0.4, -0.2) is 76.8 Å². The molecular weight excluding hydrogens is 612 g/mol. The second kappa shape index (κ2) is 13.2. The van der Waals surface area contributed by atoms with Crippen LogP contribution >= 0.6 is 0 Å². The van der Waals surface area contributed by atoms with Crippen LogP contribution in [0.4, 0.5) is 11.6 Å². The van der Waals surface area contributed by atoms with Crippen LogP contribution in [0.1, 0.15) is 46.3 Å². The number of carbonyl (C=O) groups is 2. The number of nitrogens with zero attached hydrogens (tertiary/aromatic N) is 8. The van der Waals surface area contributed by atoms with Crippen molar-refractivity contribution < 1.29 is 14.7 Å². The van der Waals surface area contributed by atoms with Crippen molar-refractivity contribution in [1.82, 2.24) is 39.3 Å². The number of para-hydroxylation sites is 1. The Bertz CT molecular complexity index is 2200. The van der Waals surface area contributed by atoms with E-state index in [4.69, 9.17) is 15.8 Å². The van der Waals surface area contributed by atoms with Crippen LogP contribution < -0.4 is 16.6 Å². The molecule has 1 saturated heterocycles. The molecule has 242 valence electrons. The number of likely N-dealkylation sites (tertiary alicyclic amines) is 1. The zero-order chi connectivity index (χ0) is 33.9. The lowest BCUT2D eigenvalue weighted by Crippen LogP contribution is -2.51. The van der Waals surface area contributed by atoms with Crippen molar-refractivity contribution in [3.63, 3.8) is 0 Å². The third-order valence-corrected chi connectivity index (χ3v) is 7.91. The highest BCUT2D eigenvalue weighted by Gasteiger charge is 2.32. The SMILES string of the molecule is C=C/C=N\c1c(C(=O)NC(C)c2nc3cccc(C#Cc4cnn(C5CN(C(=O)CO)C5)c4)c3c(=O)n2-c2ccccc2)c(N)nn1C. The smallest absolute Gasteiger partial charge is 0.267 e. The average molecular weight is 645 g/mol. The van der Waals surface area contributed by atoms with E-state index in [1.807, 2.05) is 18.2 Å². The summed E-state index contributed by atoms with van der Waals surface area (Å²) in [6, 6.07) is 13.5. The van der Waals surface area contributed by atoms with E-state index in [1.165, 1.54) is 21.5 Å². The van der Waals surface area contributed by atoms with Gasteiger partial charge in [0.2, 0.25) is 5.91 Å². The highest BCUT2D eigenvalue weighted by atomic mass is 16.3. The fourth-order valence-electron chi connectivity index (χ4n) is 5.49. The number of aliphatic hydroxyl groups is 1. The average Bonchev–Trinajstić information content (AvgIpc) is 3.64. The first kappa shape index (κ1) is 31.6. The molecule has 4 heterocycles. The highest BCUT2D eigenvalue weighted by molar-refractivity contribution is 6.03. The number of amides is 2. The third kappa shape index (κ3) is 5.97. The molecule has 4 N–H and O–H groups in total. The van der Waals surface area contributed by atoms with Crippen LogP contribution in [0.3, 0.4) is 0 Å². The molecule has 2 amide bonds. The lowest BCUT2D eigenvalue weighted by molar-refractivity contribution is -0.140. The van der Waals surface area contributed by atoms with Gasteiger partial charge in [-0.1, -0.05) is 48.8 Å². The highest BCUT2D eigenvalue weighted by Crippen LogP contribution is 2.26. The van der Waals surface area contributed by atoms with Crippen LogP contribution in [0.25, 0.3) is 16.6 Å². The molecule has 14 nitrogen and oxygen atoms in total. The Hall–Kier alpha value is -6.33. The van der Waals surface area contributed by atoms with Gasteiger partial charge in [0.05, 0.1) is 40.4 Å². The Kier molecular flexibility index (Phi) is 8.69. The monoisotopic (exact) mass is 644 g/mol. The number of anilines is 1. The number of nitrogen functional groups attached to an aromatic ring is 1. The van der Waals surface area contributed by atoms with Crippen molar-refractivity contribution in [2.45, 2.75) is 19.0 Å². The van der Waals surface area contributed by atoms with Crippen LogP contribution in [0.2, 0.25) is 0 Å². The van der Waals surface area contributed by atoms with E-state index >= 15 is 0 Å². The summed E-state index contributed by atoms with van der Waals surface area (Å²) in [5.41, 5.74) is 7.89. The van der Waals surface area contributed by atoms with Gasteiger partial charge in [0, 0.05) is 38.1 Å². The maximum Gasteiger partial charge on any atom is 0.267 e. The standard InChI is InChI=1S/C34H32N10O4/c1-4-15-36-32-29(30(35)40-41(32)3)33(47)38-21(2)31-39-26-12-8-9-23(28(26)34(48)44(31)24-10-6-5-7-11-24)14-13-22-16-37-43(17-22)25-18-42(19-25)27(46)20-45/h4-12,15-17,21,25,45H,1,18-20H2,2-3H3,(H2,35,40)(H,38,47)/b36-15-. The summed E-state index contributed by atoms with van der Waals surface area (Å²) in [4.78, 5) is 50.2. The summed E-state index contributed by atoms with van der Waals surface area (Å²) in [7, 11) is 1.63. The molecule has 3 aromatic heterocycles. The second-order valence-electron chi connectivity index (χ2n) is 11.1. The second-order valence-corrected chi connectivity index (χ2v) is 11.1. The van der Waals surface area contributed by atoms with Crippen molar-refractivity contribution >= 4 is 40.6 Å². The first-order valence-corrected chi connectivity index (χ1v) is 15.0. The van der Waals surface area contributed by atoms with Gasteiger partial charge in [-0.2, -0.15) is 10.2 Å². The predicted molar refractivity (Wildman–Crippen MR) is 180 cm³/mol.